The Labute approximate surface area is 82.3 Å². The zero-order chi connectivity index (χ0) is 9.14. The van der Waals surface area contributed by atoms with Gasteiger partial charge in [-0.25, -0.2) is 4.39 Å². The third-order valence-corrected chi connectivity index (χ3v) is 1.61. The number of phenolic OH excluding ortho intramolecular Hbond substituents is 1. The zero-order valence-corrected chi connectivity index (χ0v) is 7.72. The smallest absolute Gasteiger partial charge is 0.165 e. The fourth-order valence-electron chi connectivity index (χ4n) is 0.867. The monoisotopic (exact) mass is 203 g/mol. The van der Waals surface area contributed by atoms with Crippen molar-refractivity contribution < 1.29 is 9.50 Å². The van der Waals surface area contributed by atoms with Crippen LogP contribution in [0.5, 0.6) is 5.75 Å². The van der Waals surface area contributed by atoms with Gasteiger partial charge in [0, 0.05) is 6.04 Å². The van der Waals surface area contributed by atoms with Gasteiger partial charge in [-0.05, 0) is 17.7 Å². The first-order chi connectivity index (χ1) is 5.65. The summed E-state index contributed by atoms with van der Waals surface area (Å²) in [5.74, 6) is -1.03. The van der Waals surface area contributed by atoms with Gasteiger partial charge in [-0.1, -0.05) is 12.1 Å². The van der Waals surface area contributed by atoms with E-state index in [4.69, 9.17) is 10.8 Å². The van der Waals surface area contributed by atoms with E-state index in [1.807, 2.05) is 0 Å². The van der Waals surface area contributed by atoms with Crippen LogP contribution in [-0.4, -0.2) is 5.11 Å². The van der Waals surface area contributed by atoms with Crippen LogP contribution in [0.25, 0.3) is 0 Å². The first-order valence-corrected chi connectivity index (χ1v) is 3.51. The Balaban J connectivity index is 0.00000144. The van der Waals surface area contributed by atoms with Gasteiger partial charge < -0.3 is 10.8 Å². The van der Waals surface area contributed by atoms with Crippen molar-refractivity contribution in [3.63, 3.8) is 0 Å². The fraction of sp³-hybridized carbons (Fsp3) is 0.111. The second-order valence-corrected chi connectivity index (χ2v) is 2.47. The van der Waals surface area contributed by atoms with E-state index in [-0.39, 0.29) is 24.2 Å². The Bertz CT molecular complexity index is 304. The molecule has 4 heteroatoms. The Morgan fingerprint density at radius 2 is 2.15 bits per heavy atom. The van der Waals surface area contributed by atoms with Crippen LogP contribution < -0.4 is 5.73 Å². The molecule has 0 fully saturated rings. The largest absolute Gasteiger partial charge is 0.505 e. The van der Waals surface area contributed by atoms with Crippen molar-refractivity contribution in [2.75, 3.05) is 0 Å². The van der Waals surface area contributed by atoms with Crippen LogP contribution in [0.15, 0.2) is 30.9 Å². The van der Waals surface area contributed by atoms with Crippen molar-refractivity contribution in [1.29, 1.82) is 0 Å². The minimum atomic E-state index is -0.662. The van der Waals surface area contributed by atoms with E-state index in [1.54, 1.807) is 6.07 Å². The van der Waals surface area contributed by atoms with Crippen LogP contribution in [0.2, 0.25) is 0 Å². The minimum absolute atomic E-state index is 0. The highest BCUT2D eigenvalue weighted by Crippen LogP contribution is 2.19. The average Bonchev–Trinajstić information content (AvgIpc) is 2.08. The number of benzene rings is 1. The molecule has 0 heterocycles. The molecular formula is C9H11ClFNO. The lowest BCUT2D eigenvalue weighted by atomic mass is 10.1. The number of hydrogen-bond donors (Lipinski definition) is 2. The first-order valence-electron chi connectivity index (χ1n) is 3.51. The van der Waals surface area contributed by atoms with E-state index < -0.39 is 5.82 Å². The van der Waals surface area contributed by atoms with Crippen LogP contribution >= 0.6 is 12.4 Å². The van der Waals surface area contributed by atoms with Crippen molar-refractivity contribution in [2.45, 2.75) is 6.04 Å². The lowest BCUT2D eigenvalue weighted by Crippen LogP contribution is -2.06. The molecule has 2 nitrogen and oxygen atoms in total. The summed E-state index contributed by atoms with van der Waals surface area (Å²) in [6, 6.07) is 3.64. The lowest BCUT2D eigenvalue weighted by molar-refractivity contribution is 0.431. The van der Waals surface area contributed by atoms with Gasteiger partial charge in [0.25, 0.3) is 0 Å². The van der Waals surface area contributed by atoms with Gasteiger partial charge in [-0.2, -0.15) is 0 Å². The summed E-state index contributed by atoms with van der Waals surface area (Å²) in [7, 11) is 0. The van der Waals surface area contributed by atoms with Gasteiger partial charge in [-0.15, -0.1) is 19.0 Å². The molecule has 0 aromatic heterocycles. The number of hydrogen-bond acceptors (Lipinski definition) is 2. The van der Waals surface area contributed by atoms with E-state index >= 15 is 0 Å². The molecule has 0 radical (unpaired) electrons. The number of phenols is 1. The molecule has 0 saturated heterocycles. The maximum Gasteiger partial charge on any atom is 0.165 e. The Morgan fingerprint density at radius 1 is 1.54 bits per heavy atom. The van der Waals surface area contributed by atoms with Gasteiger partial charge in [0.1, 0.15) is 0 Å². The Hall–Kier alpha value is -1.06. The van der Waals surface area contributed by atoms with Crippen molar-refractivity contribution >= 4 is 12.4 Å². The highest BCUT2D eigenvalue weighted by molar-refractivity contribution is 5.85. The van der Waals surface area contributed by atoms with Gasteiger partial charge in [-0.3, -0.25) is 0 Å². The highest BCUT2D eigenvalue weighted by Gasteiger charge is 2.05. The van der Waals surface area contributed by atoms with Crippen LogP contribution in [0, 0.1) is 5.82 Å². The Kier molecular flexibility index (Phi) is 4.45. The molecule has 0 spiro atoms. The Morgan fingerprint density at radius 3 is 2.62 bits per heavy atom. The van der Waals surface area contributed by atoms with E-state index in [1.165, 1.54) is 18.2 Å². The van der Waals surface area contributed by atoms with Crippen LogP contribution in [0.1, 0.15) is 11.6 Å². The third kappa shape index (κ3) is 2.72. The third-order valence-electron chi connectivity index (χ3n) is 1.61. The van der Waals surface area contributed by atoms with Crippen molar-refractivity contribution in [2.24, 2.45) is 5.73 Å². The maximum atomic E-state index is 12.7. The normalized spacial score (nSPS) is 11.5. The van der Waals surface area contributed by atoms with E-state index in [2.05, 4.69) is 6.58 Å². The molecule has 0 aliphatic heterocycles. The van der Waals surface area contributed by atoms with Gasteiger partial charge in [0.2, 0.25) is 0 Å². The summed E-state index contributed by atoms with van der Waals surface area (Å²) in [6.07, 6.45) is 1.51. The molecule has 1 aromatic carbocycles. The highest BCUT2D eigenvalue weighted by atomic mass is 35.5. The molecular weight excluding hydrogens is 193 g/mol. The number of rotatable bonds is 2. The summed E-state index contributed by atoms with van der Waals surface area (Å²) in [6.45, 7) is 3.48. The van der Waals surface area contributed by atoms with Crippen molar-refractivity contribution in [3.05, 3.63) is 42.2 Å². The maximum absolute atomic E-state index is 12.7. The average molecular weight is 204 g/mol. The number of halogens is 2. The molecule has 3 N–H and O–H groups in total. The molecule has 0 bridgehead atoms. The molecule has 72 valence electrons. The summed E-state index contributed by atoms with van der Waals surface area (Å²) in [5, 5.41) is 8.86. The molecule has 0 amide bonds. The number of nitrogens with two attached hydrogens (primary N) is 1. The molecule has 0 saturated carbocycles. The van der Waals surface area contributed by atoms with Crippen LogP contribution in [-0.2, 0) is 0 Å². The zero-order valence-electron chi connectivity index (χ0n) is 6.90. The summed E-state index contributed by atoms with van der Waals surface area (Å²) < 4.78 is 12.7. The second kappa shape index (κ2) is 4.84. The fourth-order valence-corrected chi connectivity index (χ4v) is 0.867. The molecule has 13 heavy (non-hydrogen) atoms. The second-order valence-electron chi connectivity index (χ2n) is 2.47. The predicted molar refractivity (Wildman–Crippen MR) is 52.4 cm³/mol. The minimum Gasteiger partial charge on any atom is -0.505 e. The lowest BCUT2D eigenvalue weighted by Gasteiger charge is -2.06. The summed E-state index contributed by atoms with van der Waals surface area (Å²) in [4.78, 5) is 0. The SMILES string of the molecule is C=C[C@H](N)c1ccc(O)c(F)c1.Cl. The van der Waals surface area contributed by atoms with Gasteiger partial charge >= 0.3 is 0 Å². The van der Waals surface area contributed by atoms with Crippen LogP contribution in [0.3, 0.4) is 0 Å². The molecule has 1 atom stereocenters. The van der Waals surface area contributed by atoms with Crippen molar-refractivity contribution in [1.82, 2.24) is 0 Å². The van der Waals surface area contributed by atoms with E-state index in [9.17, 15) is 4.39 Å². The topological polar surface area (TPSA) is 46.2 Å². The molecule has 0 aliphatic rings. The number of aromatic hydroxyl groups is 1. The van der Waals surface area contributed by atoms with E-state index in [0.29, 0.717) is 5.56 Å². The first kappa shape index (κ1) is 11.9. The van der Waals surface area contributed by atoms with Gasteiger partial charge in [0.15, 0.2) is 11.6 Å². The molecule has 0 aliphatic carbocycles. The molecule has 1 aromatic rings. The summed E-state index contributed by atoms with van der Waals surface area (Å²) >= 11 is 0. The van der Waals surface area contributed by atoms with E-state index in [0.717, 1.165) is 0 Å². The quantitative estimate of drug-likeness (QED) is 0.724. The van der Waals surface area contributed by atoms with Crippen LogP contribution in [0.4, 0.5) is 4.39 Å². The summed E-state index contributed by atoms with van der Waals surface area (Å²) in [5.41, 5.74) is 6.14. The van der Waals surface area contributed by atoms with Gasteiger partial charge in [0.05, 0.1) is 0 Å². The standard InChI is InChI=1S/C9H10FNO.ClH/c1-2-8(11)6-3-4-9(12)7(10)5-6;/h2-5,8,12H,1,11H2;1H/t8-;/m0./s1. The molecule has 1 rings (SSSR count). The predicted octanol–water partition coefficient (Wildman–Crippen LogP) is 2.14. The van der Waals surface area contributed by atoms with Crippen molar-refractivity contribution in [3.8, 4) is 5.75 Å². The molecule has 0 unspecified atom stereocenters.